The number of nitrogens with zero attached hydrogens (tertiary/aromatic N) is 5. The largest absolute Gasteiger partial charge is 0.393 e. The van der Waals surface area contributed by atoms with Crippen LogP contribution in [-0.4, -0.2) is 24.5 Å². The van der Waals surface area contributed by atoms with Crippen LogP contribution < -0.4 is 5.73 Å². The Morgan fingerprint density at radius 2 is 2.16 bits per heavy atom. The van der Waals surface area contributed by atoms with Gasteiger partial charge in [-0.2, -0.15) is 0 Å². The number of nitrogens with two attached hydrogens (primary N) is 1. The zero-order valence-corrected chi connectivity index (χ0v) is 9.59. The molecule has 2 aromatic heterocycles. The summed E-state index contributed by atoms with van der Waals surface area (Å²) in [6.45, 7) is 0. The molecule has 0 spiro atoms. The topological polar surface area (TPSA) is 112 Å². The maximum absolute atomic E-state index is 10.9. The van der Waals surface area contributed by atoms with Gasteiger partial charge in [-0.15, -0.1) is 10.2 Å². The fourth-order valence-electron chi connectivity index (χ4n) is 1.78. The lowest BCUT2D eigenvalue weighted by Gasteiger charge is -2.01. The van der Waals surface area contributed by atoms with Crippen molar-refractivity contribution in [3.05, 3.63) is 46.8 Å². The first-order valence-corrected chi connectivity index (χ1v) is 5.37. The zero-order valence-electron chi connectivity index (χ0n) is 9.59. The minimum absolute atomic E-state index is 0.112. The number of anilines is 1. The Morgan fingerprint density at radius 1 is 1.32 bits per heavy atom. The number of nitro groups is 1. The first-order valence-electron chi connectivity index (χ1n) is 5.37. The molecule has 0 aliphatic rings. The highest BCUT2D eigenvalue weighted by atomic mass is 16.6. The van der Waals surface area contributed by atoms with E-state index in [1.54, 1.807) is 28.9 Å². The van der Waals surface area contributed by atoms with Gasteiger partial charge < -0.3 is 5.73 Å². The van der Waals surface area contributed by atoms with Crippen molar-refractivity contribution in [3.63, 3.8) is 0 Å². The Balaban J connectivity index is 2.22. The summed E-state index contributed by atoms with van der Waals surface area (Å²) < 4.78 is 1.65. The quantitative estimate of drug-likeness (QED) is 0.420. The average molecular weight is 256 g/mol. The summed E-state index contributed by atoms with van der Waals surface area (Å²) in [5, 5.41) is 18.8. The first kappa shape index (κ1) is 11.1. The van der Waals surface area contributed by atoms with E-state index in [-0.39, 0.29) is 11.4 Å². The van der Waals surface area contributed by atoms with Crippen LogP contribution in [-0.2, 0) is 0 Å². The third-order valence-electron chi connectivity index (χ3n) is 2.67. The van der Waals surface area contributed by atoms with Gasteiger partial charge in [0, 0.05) is 24.0 Å². The van der Waals surface area contributed by atoms with Crippen LogP contribution in [0.4, 0.5) is 11.4 Å². The molecule has 0 amide bonds. The van der Waals surface area contributed by atoms with Crippen LogP contribution in [0.1, 0.15) is 0 Å². The van der Waals surface area contributed by atoms with Crippen LogP contribution in [0.15, 0.2) is 36.7 Å². The third-order valence-corrected chi connectivity index (χ3v) is 2.67. The molecule has 0 fully saturated rings. The van der Waals surface area contributed by atoms with E-state index in [0.717, 1.165) is 0 Å². The van der Waals surface area contributed by atoms with E-state index < -0.39 is 4.92 Å². The lowest BCUT2D eigenvalue weighted by Crippen LogP contribution is -1.97. The summed E-state index contributed by atoms with van der Waals surface area (Å²) in [5.41, 5.74) is 6.07. The second kappa shape index (κ2) is 4.02. The van der Waals surface area contributed by atoms with E-state index >= 15 is 0 Å². The van der Waals surface area contributed by atoms with Gasteiger partial charge in [0.2, 0.25) is 0 Å². The van der Waals surface area contributed by atoms with Crippen LogP contribution in [0.5, 0.6) is 0 Å². The molecule has 2 heterocycles. The molecule has 0 unspecified atom stereocenters. The van der Waals surface area contributed by atoms with E-state index in [1.165, 1.54) is 12.1 Å². The number of hydrogen-bond donors (Lipinski definition) is 1. The van der Waals surface area contributed by atoms with E-state index in [0.29, 0.717) is 17.2 Å². The van der Waals surface area contributed by atoms with Crippen LogP contribution in [0, 0.1) is 10.1 Å². The van der Waals surface area contributed by atoms with E-state index in [4.69, 9.17) is 5.73 Å². The fraction of sp³-hybridized carbons (Fsp3) is 0. The Labute approximate surface area is 106 Å². The normalized spacial score (nSPS) is 10.7. The molecule has 3 aromatic rings. The van der Waals surface area contributed by atoms with Gasteiger partial charge in [-0.25, -0.2) is 4.98 Å². The van der Waals surface area contributed by atoms with Crippen LogP contribution in [0.3, 0.4) is 0 Å². The molecule has 0 atom stereocenters. The Morgan fingerprint density at radius 3 is 2.95 bits per heavy atom. The van der Waals surface area contributed by atoms with Crippen molar-refractivity contribution in [2.75, 3.05) is 5.73 Å². The van der Waals surface area contributed by atoms with Crippen molar-refractivity contribution in [1.82, 2.24) is 19.6 Å². The molecule has 0 radical (unpaired) electrons. The van der Waals surface area contributed by atoms with Gasteiger partial charge >= 0.3 is 0 Å². The van der Waals surface area contributed by atoms with Crippen molar-refractivity contribution in [2.24, 2.45) is 0 Å². The molecular formula is C11H8N6O2. The highest BCUT2D eigenvalue weighted by Gasteiger charge is 2.15. The average Bonchev–Trinajstić information content (AvgIpc) is 2.83. The van der Waals surface area contributed by atoms with E-state index in [9.17, 15) is 10.1 Å². The summed E-state index contributed by atoms with van der Waals surface area (Å²) in [6, 6.07) is 6.24. The van der Waals surface area contributed by atoms with E-state index in [1.807, 2.05) is 0 Å². The predicted octanol–water partition coefficient (Wildman–Crippen LogP) is 1.28. The van der Waals surface area contributed by atoms with Crippen molar-refractivity contribution in [2.45, 2.75) is 0 Å². The lowest BCUT2D eigenvalue weighted by molar-refractivity contribution is -0.383. The maximum Gasteiger partial charge on any atom is 0.292 e. The molecule has 3 rings (SSSR count). The lowest BCUT2D eigenvalue weighted by atomic mass is 10.1. The van der Waals surface area contributed by atoms with Crippen LogP contribution in [0.25, 0.3) is 17.2 Å². The van der Waals surface area contributed by atoms with Gasteiger partial charge in [0.05, 0.1) is 4.92 Å². The molecule has 0 bridgehead atoms. The molecule has 1 aromatic carbocycles. The molecule has 19 heavy (non-hydrogen) atoms. The fourth-order valence-corrected chi connectivity index (χ4v) is 1.78. The van der Waals surface area contributed by atoms with Gasteiger partial charge in [0.25, 0.3) is 11.5 Å². The molecular weight excluding hydrogens is 248 g/mol. The summed E-state index contributed by atoms with van der Waals surface area (Å²) in [6.07, 6.45) is 3.33. The van der Waals surface area contributed by atoms with Gasteiger partial charge in [0.15, 0.2) is 5.82 Å². The predicted molar refractivity (Wildman–Crippen MR) is 67.3 cm³/mol. The van der Waals surface area contributed by atoms with Crippen LogP contribution >= 0.6 is 0 Å². The molecule has 94 valence electrons. The highest BCUT2D eigenvalue weighted by Crippen LogP contribution is 2.27. The molecule has 0 saturated carbocycles. The SMILES string of the molecule is Nc1ccc(-c2nnc3ncccn23)cc1[N+](=O)[O-]. The van der Waals surface area contributed by atoms with Crippen molar-refractivity contribution < 1.29 is 4.92 Å². The Bertz CT molecular complexity index is 782. The summed E-state index contributed by atoms with van der Waals surface area (Å²) in [5.74, 6) is 0.906. The summed E-state index contributed by atoms with van der Waals surface area (Å²) >= 11 is 0. The minimum atomic E-state index is -0.527. The number of hydrogen-bond acceptors (Lipinski definition) is 6. The second-order valence-electron chi connectivity index (χ2n) is 3.84. The van der Waals surface area contributed by atoms with Gasteiger partial charge in [-0.05, 0) is 18.2 Å². The standard InChI is InChI=1S/C11H8N6O2/c12-8-3-2-7(6-9(8)17(18)19)10-14-15-11-13-4-1-5-16(10)11/h1-6H,12H2. The highest BCUT2D eigenvalue weighted by molar-refractivity contribution is 5.69. The molecule has 8 nitrogen and oxygen atoms in total. The van der Waals surface area contributed by atoms with Crippen molar-refractivity contribution >= 4 is 17.2 Å². The van der Waals surface area contributed by atoms with Gasteiger partial charge in [0.1, 0.15) is 5.69 Å². The van der Waals surface area contributed by atoms with E-state index in [2.05, 4.69) is 15.2 Å². The number of nitro benzene ring substituents is 1. The maximum atomic E-state index is 10.9. The number of fused-ring (bicyclic) bond motifs is 1. The third kappa shape index (κ3) is 1.75. The Hall–Kier alpha value is -3.03. The Kier molecular flexibility index (Phi) is 2.34. The smallest absolute Gasteiger partial charge is 0.292 e. The molecule has 8 heteroatoms. The van der Waals surface area contributed by atoms with Crippen LogP contribution in [0.2, 0.25) is 0 Å². The first-order chi connectivity index (χ1) is 9.16. The molecule has 0 aliphatic heterocycles. The number of nitrogen functional groups attached to an aromatic ring is 1. The summed E-state index contributed by atoms with van der Waals surface area (Å²) in [7, 11) is 0. The second-order valence-corrected chi connectivity index (χ2v) is 3.84. The number of rotatable bonds is 2. The van der Waals surface area contributed by atoms with Crippen molar-refractivity contribution in [1.29, 1.82) is 0 Å². The van der Waals surface area contributed by atoms with Gasteiger partial charge in [-0.1, -0.05) is 0 Å². The van der Waals surface area contributed by atoms with Crippen molar-refractivity contribution in [3.8, 4) is 11.4 Å². The molecule has 0 aliphatic carbocycles. The number of benzene rings is 1. The zero-order chi connectivity index (χ0) is 13.4. The minimum Gasteiger partial charge on any atom is -0.393 e. The number of aromatic nitrogens is 4. The molecule has 0 saturated heterocycles. The monoisotopic (exact) mass is 256 g/mol. The summed E-state index contributed by atoms with van der Waals surface area (Å²) in [4.78, 5) is 14.4. The van der Waals surface area contributed by atoms with Gasteiger partial charge in [-0.3, -0.25) is 14.5 Å². The molecule has 2 N–H and O–H groups in total.